The second kappa shape index (κ2) is 5.59. The monoisotopic (exact) mass is 258 g/mol. The number of alkyl halides is 1. The molecule has 1 aromatic heterocycles. The highest BCUT2D eigenvalue weighted by molar-refractivity contribution is 9.09. The first-order valence-electron chi connectivity index (χ1n) is 4.20. The lowest BCUT2D eigenvalue weighted by Gasteiger charge is -2.07. The van der Waals surface area contributed by atoms with Gasteiger partial charge in [-0.25, -0.2) is 4.79 Å². The van der Waals surface area contributed by atoms with Crippen molar-refractivity contribution in [3.05, 3.63) is 24.0 Å². The topological polar surface area (TPSA) is 51.2 Å². The highest BCUT2D eigenvalue weighted by Crippen LogP contribution is 2.14. The molecule has 5 heteroatoms. The number of carbonyl (C=O) groups is 1. The molecule has 0 spiro atoms. The Morgan fingerprint density at radius 2 is 2.50 bits per heavy atom. The van der Waals surface area contributed by atoms with Crippen molar-refractivity contribution in [2.45, 2.75) is 6.92 Å². The maximum absolute atomic E-state index is 11.4. The molecule has 76 valence electrons. The largest absolute Gasteiger partial charge is 0.462 e. The number of pyridine rings is 1. The second-order valence-electron chi connectivity index (χ2n) is 2.45. The third-order valence-corrected chi connectivity index (χ3v) is 1.85. The Morgan fingerprint density at radius 1 is 1.71 bits per heavy atom. The molecular formula is C9H11BrN2O2. The summed E-state index contributed by atoms with van der Waals surface area (Å²) in [7, 11) is 0. The van der Waals surface area contributed by atoms with E-state index in [-0.39, 0.29) is 5.97 Å². The van der Waals surface area contributed by atoms with Gasteiger partial charge in [0.25, 0.3) is 0 Å². The maximum atomic E-state index is 11.4. The minimum absolute atomic E-state index is 0.357. The van der Waals surface area contributed by atoms with E-state index in [0.717, 1.165) is 5.69 Å². The molecule has 1 rings (SSSR count). The van der Waals surface area contributed by atoms with Crippen LogP contribution in [-0.2, 0) is 4.74 Å². The van der Waals surface area contributed by atoms with Crippen LogP contribution in [0, 0.1) is 0 Å². The van der Waals surface area contributed by atoms with Crippen molar-refractivity contribution in [1.82, 2.24) is 4.98 Å². The van der Waals surface area contributed by atoms with E-state index in [1.54, 1.807) is 19.2 Å². The van der Waals surface area contributed by atoms with Crippen LogP contribution in [0.1, 0.15) is 17.3 Å². The van der Waals surface area contributed by atoms with E-state index in [9.17, 15) is 4.79 Å². The first-order chi connectivity index (χ1) is 6.79. The SMILES string of the molecule is CCOC(=O)c1cnccc1NCBr. The maximum Gasteiger partial charge on any atom is 0.341 e. The van der Waals surface area contributed by atoms with Gasteiger partial charge in [-0.05, 0) is 13.0 Å². The summed E-state index contributed by atoms with van der Waals surface area (Å²) < 4.78 is 4.88. The van der Waals surface area contributed by atoms with Gasteiger partial charge >= 0.3 is 5.97 Å². The Labute approximate surface area is 90.8 Å². The van der Waals surface area contributed by atoms with Gasteiger partial charge in [0.15, 0.2) is 0 Å². The molecule has 14 heavy (non-hydrogen) atoms. The fourth-order valence-electron chi connectivity index (χ4n) is 0.992. The molecule has 0 bridgehead atoms. The van der Waals surface area contributed by atoms with Crippen molar-refractivity contribution >= 4 is 27.6 Å². The number of nitrogens with one attached hydrogen (secondary N) is 1. The van der Waals surface area contributed by atoms with Gasteiger partial charge in [0.05, 0.1) is 17.7 Å². The third kappa shape index (κ3) is 2.70. The summed E-state index contributed by atoms with van der Waals surface area (Å²) in [4.78, 5) is 15.3. The van der Waals surface area contributed by atoms with Crippen LogP contribution in [0.4, 0.5) is 5.69 Å². The van der Waals surface area contributed by atoms with Crippen LogP contribution >= 0.6 is 15.9 Å². The number of halogens is 1. The molecule has 0 atom stereocenters. The molecule has 0 radical (unpaired) electrons. The number of aromatic nitrogens is 1. The Bertz CT molecular complexity index is 317. The first-order valence-corrected chi connectivity index (χ1v) is 5.32. The van der Waals surface area contributed by atoms with Crippen LogP contribution in [0.25, 0.3) is 0 Å². The van der Waals surface area contributed by atoms with Crippen molar-refractivity contribution in [2.75, 3.05) is 17.4 Å². The zero-order chi connectivity index (χ0) is 10.4. The summed E-state index contributed by atoms with van der Waals surface area (Å²) in [6.45, 7) is 2.13. The summed E-state index contributed by atoms with van der Waals surface area (Å²) >= 11 is 3.22. The first kappa shape index (κ1) is 11.0. The van der Waals surface area contributed by atoms with Gasteiger partial charge in [-0.1, -0.05) is 15.9 Å². The predicted octanol–water partition coefficient (Wildman–Crippen LogP) is 2.02. The van der Waals surface area contributed by atoms with Gasteiger partial charge in [-0.15, -0.1) is 0 Å². The van der Waals surface area contributed by atoms with Gasteiger partial charge in [0, 0.05) is 12.4 Å². The molecule has 0 saturated heterocycles. The minimum Gasteiger partial charge on any atom is -0.462 e. The van der Waals surface area contributed by atoms with Crippen LogP contribution in [0.3, 0.4) is 0 Å². The van der Waals surface area contributed by atoms with Gasteiger partial charge < -0.3 is 10.1 Å². The van der Waals surface area contributed by atoms with Crippen molar-refractivity contribution in [1.29, 1.82) is 0 Å². The van der Waals surface area contributed by atoms with Crippen molar-refractivity contribution in [2.24, 2.45) is 0 Å². The molecule has 0 amide bonds. The number of esters is 1. The Morgan fingerprint density at radius 3 is 3.14 bits per heavy atom. The fraction of sp³-hybridized carbons (Fsp3) is 0.333. The van der Waals surface area contributed by atoms with Crippen LogP contribution in [0.2, 0.25) is 0 Å². The number of anilines is 1. The molecular weight excluding hydrogens is 248 g/mol. The molecule has 0 aliphatic rings. The average Bonchev–Trinajstić information content (AvgIpc) is 2.19. The zero-order valence-electron chi connectivity index (χ0n) is 7.79. The van der Waals surface area contributed by atoms with E-state index < -0.39 is 0 Å². The molecule has 1 aromatic rings. The minimum atomic E-state index is -0.357. The van der Waals surface area contributed by atoms with Crippen LogP contribution in [0.15, 0.2) is 18.5 Å². The number of nitrogens with zero attached hydrogens (tertiary/aromatic N) is 1. The van der Waals surface area contributed by atoms with Crippen molar-refractivity contribution in [3.63, 3.8) is 0 Å². The molecule has 0 aromatic carbocycles. The lowest BCUT2D eigenvalue weighted by molar-refractivity contribution is 0.0527. The summed E-state index contributed by atoms with van der Waals surface area (Å²) in [5.41, 5.74) is 1.74. The van der Waals surface area contributed by atoms with E-state index >= 15 is 0 Å². The van der Waals surface area contributed by atoms with Crippen molar-refractivity contribution in [3.8, 4) is 0 Å². The molecule has 4 nitrogen and oxygen atoms in total. The third-order valence-electron chi connectivity index (χ3n) is 1.57. The molecule has 0 fully saturated rings. The average molecular weight is 259 g/mol. The van der Waals surface area contributed by atoms with E-state index in [2.05, 4.69) is 26.2 Å². The number of carbonyl (C=O) groups excluding carboxylic acids is 1. The molecule has 0 saturated carbocycles. The van der Waals surface area contributed by atoms with Gasteiger partial charge in [0.1, 0.15) is 5.56 Å². The van der Waals surface area contributed by atoms with E-state index in [1.807, 2.05) is 0 Å². The Kier molecular flexibility index (Phi) is 4.39. The molecule has 0 unspecified atom stereocenters. The van der Waals surface area contributed by atoms with Gasteiger partial charge in [0.2, 0.25) is 0 Å². The number of rotatable bonds is 4. The highest BCUT2D eigenvalue weighted by Gasteiger charge is 2.11. The molecule has 0 aliphatic carbocycles. The fourth-order valence-corrected chi connectivity index (χ4v) is 1.29. The normalized spacial score (nSPS) is 9.57. The van der Waals surface area contributed by atoms with Crippen LogP contribution < -0.4 is 5.32 Å². The van der Waals surface area contributed by atoms with E-state index in [0.29, 0.717) is 17.6 Å². The van der Waals surface area contributed by atoms with Gasteiger partial charge in [-0.3, -0.25) is 4.98 Å². The highest BCUT2D eigenvalue weighted by atomic mass is 79.9. The summed E-state index contributed by atoms with van der Waals surface area (Å²) in [6, 6.07) is 1.73. The smallest absolute Gasteiger partial charge is 0.341 e. The van der Waals surface area contributed by atoms with Crippen molar-refractivity contribution < 1.29 is 9.53 Å². The second-order valence-corrected chi connectivity index (χ2v) is 3.01. The van der Waals surface area contributed by atoms with Gasteiger partial charge in [-0.2, -0.15) is 0 Å². The number of hydrogen-bond acceptors (Lipinski definition) is 4. The summed E-state index contributed by atoms with van der Waals surface area (Å²) in [5, 5.41) is 2.99. The Hall–Kier alpha value is -1.10. The zero-order valence-corrected chi connectivity index (χ0v) is 9.37. The summed E-state index contributed by atoms with van der Waals surface area (Å²) in [5.74, 6) is -0.357. The Balaban J connectivity index is 2.88. The lowest BCUT2D eigenvalue weighted by Crippen LogP contribution is -2.09. The predicted molar refractivity (Wildman–Crippen MR) is 57.6 cm³/mol. The molecule has 1 heterocycles. The number of hydrogen-bond donors (Lipinski definition) is 1. The van der Waals surface area contributed by atoms with E-state index in [4.69, 9.17) is 4.74 Å². The van der Waals surface area contributed by atoms with Crippen LogP contribution in [0.5, 0.6) is 0 Å². The standard InChI is InChI=1S/C9H11BrN2O2/c1-2-14-9(13)7-5-11-4-3-8(7)12-6-10/h3-5H,2,6H2,1H3,(H,11,12). The molecule has 0 aliphatic heterocycles. The lowest BCUT2D eigenvalue weighted by atomic mass is 10.2. The quantitative estimate of drug-likeness (QED) is 0.510. The van der Waals surface area contributed by atoms with E-state index in [1.165, 1.54) is 6.20 Å². The summed E-state index contributed by atoms with van der Waals surface area (Å²) in [6.07, 6.45) is 3.11. The number of ether oxygens (including phenoxy) is 1. The molecule has 1 N–H and O–H groups in total. The van der Waals surface area contributed by atoms with Crippen LogP contribution in [-0.4, -0.2) is 23.0 Å².